The first-order valence-corrected chi connectivity index (χ1v) is 6.65. The summed E-state index contributed by atoms with van der Waals surface area (Å²) in [5, 5.41) is 0. The summed E-state index contributed by atoms with van der Waals surface area (Å²) in [4.78, 5) is 0. The predicted molar refractivity (Wildman–Crippen MR) is 76.2 cm³/mol. The fourth-order valence-electron chi connectivity index (χ4n) is 2.10. The van der Waals surface area contributed by atoms with Crippen LogP contribution in [0.5, 0.6) is 17.2 Å². The zero-order chi connectivity index (χ0) is 13.8. The van der Waals surface area contributed by atoms with Crippen molar-refractivity contribution < 1.29 is 14.2 Å². The molecule has 2 aromatic carbocycles. The molecule has 1 aliphatic heterocycles. The lowest BCUT2D eigenvalue weighted by Gasteiger charge is -2.26. The molecule has 3 rings (SSSR count). The number of hydrogen-bond acceptors (Lipinski definition) is 4. The highest BCUT2D eigenvalue weighted by Gasteiger charge is 2.21. The van der Waals surface area contributed by atoms with Gasteiger partial charge in [0.1, 0.15) is 19.0 Å². The second kappa shape index (κ2) is 5.84. The second-order valence-electron chi connectivity index (χ2n) is 4.66. The molecule has 1 heterocycles. The van der Waals surface area contributed by atoms with Crippen LogP contribution in [0.25, 0.3) is 0 Å². The van der Waals surface area contributed by atoms with Gasteiger partial charge in [0.15, 0.2) is 17.6 Å². The molecule has 0 fully saturated rings. The fraction of sp³-hybridized carbons (Fsp3) is 0.250. The Labute approximate surface area is 118 Å². The average Bonchev–Trinajstić information content (AvgIpc) is 2.53. The quantitative estimate of drug-likeness (QED) is 0.927. The molecular formula is C16H17NO3. The van der Waals surface area contributed by atoms with E-state index in [0.717, 1.165) is 22.8 Å². The van der Waals surface area contributed by atoms with E-state index in [0.29, 0.717) is 19.8 Å². The summed E-state index contributed by atoms with van der Waals surface area (Å²) >= 11 is 0. The van der Waals surface area contributed by atoms with Gasteiger partial charge in [-0.3, -0.25) is 0 Å². The van der Waals surface area contributed by atoms with Gasteiger partial charge in [-0.2, -0.15) is 0 Å². The van der Waals surface area contributed by atoms with Gasteiger partial charge in [-0.05, 0) is 29.8 Å². The highest BCUT2D eigenvalue weighted by atomic mass is 16.6. The van der Waals surface area contributed by atoms with E-state index in [1.54, 1.807) is 0 Å². The molecule has 20 heavy (non-hydrogen) atoms. The number of ether oxygens (including phenoxy) is 3. The van der Waals surface area contributed by atoms with Gasteiger partial charge in [0.05, 0.1) is 0 Å². The first-order chi connectivity index (χ1) is 9.85. The van der Waals surface area contributed by atoms with Crippen LogP contribution >= 0.6 is 0 Å². The molecule has 2 aromatic rings. The van der Waals surface area contributed by atoms with Crippen molar-refractivity contribution >= 4 is 0 Å². The molecule has 1 unspecified atom stereocenters. The van der Waals surface area contributed by atoms with Crippen LogP contribution in [0.4, 0.5) is 0 Å². The van der Waals surface area contributed by atoms with Gasteiger partial charge in [0, 0.05) is 6.54 Å². The molecule has 2 N–H and O–H groups in total. The largest absolute Gasteiger partial charge is 0.490 e. The van der Waals surface area contributed by atoms with Crippen molar-refractivity contribution in [2.45, 2.75) is 12.6 Å². The number of fused-ring (bicyclic) bond motifs is 1. The average molecular weight is 271 g/mol. The van der Waals surface area contributed by atoms with Crippen LogP contribution in [0.15, 0.2) is 48.5 Å². The zero-order valence-corrected chi connectivity index (χ0v) is 11.1. The van der Waals surface area contributed by atoms with Crippen LogP contribution in [0.2, 0.25) is 0 Å². The Balaban J connectivity index is 1.60. The van der Waals surface area contributed by atoms with Crippen LogP contribution in [0, 0.1) is 0 Å². The molecule has 4 nitrogen and oxygen atoms in total. The van der Waals surface area contributed by atoms with Crippen molar-refractivity contribution in [3.05, 3.63) is 54.1 Å². The second-order valence-corrected chi connectivity index (χ2v) is 4.66. The summed E-state index contributed by atoms with van der Waals surface area (Å²) in [6.45, 7) is 1.45. The molecule has 0 saturated carbocycles. The Bertz CT molecular complexity index is 585. The Morgan fingerprint density at radius 3 is 2.80 bits per heavy atom. The third-order valence-electron chi connectivity index (χ3n) is 3.14. The molecular weight excluding hydrogens is 254 g/mol. The number of benzene rings is 2. The smallest absolute Gasteiger partial charge is 0.166 e. The summed E-state index contributed by atoms with van der Waals surface area (Å²) in [6.07, 6.45) is -0.105. The van der Waals surface area contributed by atoms with Crippen LogP contribution in [0.1, 0.15) is 5.56 Å². The molecule has 4 heteroatoms. The minimum absolute atomic E-state index is 0.105. The van der Waals surface area contributed by atoms with E-state index in [9.17, 15) is 0 Å². The van der Waals surface area contributed by atoms with Crippen molar-refractivity contribution in [2.75, 3.05) is 13.2 Å². The Morgan fingerprint density at radius 2 is 1.95 bits per heavy atom. The first-order valence-electron chi connectivity index (χ1n) is 6.65. The van der Waals surface area contributed by atoms with Gasteiger partial charge >= 0.3 is 0 Å². The highest BCUT2D eigenvalue weighted by Crippen LogP contribution is 2.31. The van der Waals surface area contributed by atoms with Crippen LogP contribution in [-0.2, 0) is 6.54 Å². The lowest BCUT2D eigenvalue weighted by molar-refractivity contribution is 0.0535. The summed E-state index contributed by atoms with van der Waals surface area (Å²) in [7, 11) is 0. The van der Waals surface area contributed by atoms with Gasteiger partial charge < -0.3 is 19.9 Å². The van der Waals surface area contributed by atoms with Crippen molar-refractivity contribution in [1.82, 2.24) is 0 Å². The summed E-state index contributed by atoms with van der Waals surface area (Å²) in [5.74, 6) is 2.35. The zero-order valence-electron chi connectivity index (χ0n) is 11.1. The minimum atomic E-state index is -0.105. The van der Waals surface area contributed by atoms with Gasteiger partial charge in [0.2, 0.25) is 0 Å². The SMILES string of the molecule is NCc1cccc(OCC2COc3ccccc3O2)c1. The molecule has 0 bridgehead atoms. The Morgan fingerprint density at radius 1 is 1.10 bits per heavy atom. The third kappa shape index (κ3) is 2.86. The molecule has 0 aliphatic carbocycles. The lowest BCUT2D eigenvalue weighted by atomic mass is 10.2. The molecule has 0 amide bonds. The van der Waals surface area contributed by atoms with Crippen molar-refractivity contribution in [3.63, 3.8) is 0 Å². The van der Waals surface area contributed by atoms with E-state index >= 15 is 0 Å². The molecule has 1 aliphatic rings. The van der Waals surface area contributed by atoms with Gasteiger partial charge in [-0.15, -0.1) is 0 Å². The van der Waals surface area contributed by atoms with Gasteiger partial charge in [-0.25, -0.2) is 0 Å². The summed E-state index contributed by atoms with van der Waals surface area (Å²) in [5.41, 5.74) is 6.66. The van der Waals surface area contributed by atoms with Gasteiger partial charge in [-0.1, -0.05) is 24.3 Å². The molecule has 0 spiro atoms. The van der Waals surface area contributed by atoms with Crippen LogP contribution in [-0.4, -0.2) is 19.3 Å². The Kier molecular flexibility index (Phi) is 3.74. The monoisotopic (exact) mass is 271 g/mol. The lowest BCUT2D eigenvalue weighted by Crippen LogP contribution is -2.34. The predicted octanol–water partition coefficient (Wildman–Crippen LogP) is 2.36. The molecule has 0 aromatic heterocycles. The van der Waals surface area contributed by atoms with E-state index in [2.05, 4.69) is 0 Å². The van der Waals surface area contributed by atoms with Crippen molar-refractivity contribution in [1.29, 1.82) is 0 Å². The van der Waals surface area contributed by atoms with E-state index in [-0.39, 0.29) is 6.10 Å². The van der Waals surface area contributed by atoms with Crippen LogP contribution in [0.3, 0.4) is 0 Å². The van der Waals surface area contributed by atoms with Crippen LogP contribution < -0.4 is 19.9 Å². The van der Waals surface area contributed by atoms with E-state index in [1.807, 2.05) is 48.5 Å². The molecule has 104 valence electrons. The molecule has 1 atom stereocenters. The van der Waals surface area contributed by atoms with E-state index < -0.39 is 0 Å². The third-order valence-corrected chi connectivity index (χ3v) is 3.14. The topological polar surface area (TPSA) is 53.7 Å². The number of nitrogens with two attached hydrogens (primary N) is 1. The maximum Gasteiger partial charge on any atom is 0.166 e. The first kappa shape index (κ1) is 12.8. The molecule has 0 saturated heterocycles. The minimum Gasteiger partial charge on any atom is -0.490 e. The maximum atomic E-state index is 5.84. The number of hydrogen-bond donors (Lipinski definition) is 1. The van der Waals surface area contributed by atoms with E-state index in [1.165, 1.54) is 0 Å². The normalized spacial score (nSPS) is 16.8. The van der Waals surface area contributed by atoms with E-state index in [4.69, 9.17) is 19.9 Å². The number of rotatable bonds is 4. The van der Waals surface area contributed by atoms with Crippen molar-refractivity contribution in [3.8, 4) is 17.2 Å². The summed E-state index contributed by atoms with van der Waals surface area (Å²) in [6, 6.07) is 15.4. The Hall–Kier alpha value is -2.20. The summed E-state index contributed by atoms with van der Waals surface area (Å²) < 4.78 is 17.2. The fourth-order valence-corrected chi connectivity index (χ4v) is 2.10. The highest BCUT2D eigenvalue weighted by molar-refractivity contribution is 5.40. The van der Waals surface area contributed by atoms with Gasteiger partial charge in [0.25, 0.3) is 0 Å². The van der Waals surface area contributed by atoms with Crippen molar-refractivity contribution in [2.24, 2.45) is 5.73 Å². The standard InChI is InChI=1S/C16H17NO3/c17-9-12-4-3-5-13(8-12)18-10-14-11-19-15-6-1-2-7-16(15)20-14/h1-8,14H,9-11,17H2. The maximum absolute atomic E-state index is 5.84. The molecule has 0 radical (unpaired) electrons. The number of para-hydroxylation sites is 2.